The van der Waals surface area contributed by atoms with Crippen LogP contribution in [-0.4, -0.2) is 18.1 Å². The summed E-state index contributed by atoms with van der Waals surface area (Å²) in [6.45, 7) is 10.2. The van der Waals surface area contributed by atoms with Crippen molar-refractivity contribution in [3.63, 3.8) is 0 Å². The highest BCUT2D eigenvalue weighted by Crippen LogP contribution is 2.22. The molecule has 92 valence electrons. The first-order valence-corrected chi connectivity index (χ1v) is 6.07. The lowest BCUT2D eigenvalue weighted by Crippen LogP contribution is -2.25. The standard InChI is InChI=1S/C14H21N3/c1-5-17(10-6-9-15)13-8-7-12(11-16-13)14(2,3)4/h7-8,11H,5-6,10H2,1-4H3. The van der Waals surface area contributed by atoms with Gasteiger partial charge in [0.2, 0.25) is 0 Å². The Morgan fingerprint density at radius 2 is 2.06 bits per heavy atom. The number of hydrogen-bond acceptors (Lipinski definition) is 3. The molecule has 0 unspecified atom stereocenters. The van der Waals surface area contributed by atoms with Crippen molar-refractivity contribution in [2.45, 2.75) is 39.5 Å². The number of hydrogen-bond donors (Lipinski definition) is 0. The minimum Gasteiger partial charge on any atom is -0.356 e. The van der Waals surface area contributed by atoms with Crippen LogP contribution in [0.4, 0.5) is 5.82 Å². The third-order valence-electron chi connectivity index (χ3n) is 2.81. The first kappa shape index (κ1) is 13.5. The van der Waals surface area contributed by atoms with Gasteiger partial charge in [0.1, 0.15) is 5.82 Å². The van der Waals surface area contributed by atoms with E-state index in [0.29, 0.717) is 6.42 Å². The van der Waals surface area contributed by atoms with E-state index >= 15 is 0 Å². The molecule has 0 atom stereocenters. The molecule has 0 aromatic carbocycles. The highest BCUT2D eigenvalue weighted by atomic mass is 15.2. The van der Waals surface area contributed by atoms with E-state index in [2.05, 4.69) is 49.7 Å². The van der Waals surface area contributed by atoms with Crippen LogP contribution in [0, 0.1) is 11.3 Å². The summed E-state index contributed by atoms with van der Waals surface area (Å²) in [5, 5.41) is 8.61. The van der Waals surface area contributed by atoms with Crippen LogP contribution >= 0.6 is 0 Å². The molecule has 0 aliphatic rings. The lowest BCUT2D eigenvalue weighted by Gasteiger charge is -2.23. The molecule has 3 nitrogen and oxygen atoms in total. The van der Waals surface area contributed by atoms with Crippen molar-refractivity contribution in [3.8, 4) is 6.07 Å². The summed E-state index contributed by atoms with van der Waals surface area (Å²) in [5.74, 6) is 0.954. The Kier molecular flexibility index (Phi) is 4.51. The van der Waals surface area contributed by atoms with E-state index in [9.17, 15) is 0 Å². The second-order valence-electron chi connectivity index (χ2n) is 5.14. The molecule has 0 N–H and O–H groups in total. The molecule has 0 bridgehead atoms. The summed E-state index contributed by atoms with van der Waals surface area (Å²) < 4.78 is 0. The molecule has 17 heavy (non-hydrogen) atoms. The van der Waals surface area contributed by atoms with Crippen LogP contribution in [0.25, 0.3) is 0 Å². The zero-order chi connectivity index (χ0) is 12.9. The molecule has 0 aliphatic heterocycles. The largest absolute Gasteiger partial charge is 0.356 e. The van der Waals surface area contributed by atoms with Crippen molar-refractivity contribution in [2.24, 2.45) is 0 Å². The molecule has 0 radical (unpaired) electrons. The van der Waals surface area contributed by atoms with Crippen LogP contribution in [-0.2, 0) is 5.41 Å². The lowest BCUT2D eigenvalue weighted by molar-refractivity contribution is 0.587. The van der Waals surface area contributed by atoms with Gasteiger partial charge in [-0.05, 0) is 24.0 Å². The molecule has 0 saturated heterocycles. The Morgan fingerprint density at radius 1 is 1.35 bits per heavy atom. The van der Waals surface area contributed by atoms with E-state index in [0.717, 1.165) is 18.9 Å². The maximum Gasteiger partial charge on any atom is 0.128 e. The van der Waals surface area contributed by atoms with Gasteiger partial charge < -0.3 is 4.90 Å². The van der Waals surface area contributed by atoms with Crippen molar-refractivity contribution in [1.82, 2.24) is 4.98 Å². The van der Waals surface area contributed by atoms with Gasteiger partial charge in [0.25, 0.3) is 0 Å². The average Bonchev–Trinajstić information content (AvgIpc) is 2.29. The van der Waals surface area contributed by atoms with E-state index < -0.39 is 0 Å². The van der Waals surface area contributed by atoms with Gasteiger partial charge in [-0.3, -0.25) is 0 Å². The van der Waals surface area contributed by atoms with Crippen molar-refractivity contribution in [2.75, 3.05) is 18.0 Å². The smallest absolute Gasteiger partial charge is 0.128 e. The van der Waals surface area contributed by atoms with E-state index in [1.807, 2.05) is 12.3 Å². The van der Waals surface area contributed by atoms with Crippen LogP contribution in [0.15, 0.2) is 18.3 Å². The fraction of sp³-hybridized carbons (Fsp3) is 0.571. The molecule has 0 aliphatic carbocycles. The van der Waals surface area contributed by atoms with Crippen LogP contribution in [0.2, 0.25) is 0 Å². The SMILES string of the molecule is CCN(CCC#N)c1ccc(C(C)(C)C)cn1. The molecule has 0 saturated carbocycles. The van der Waals surface area contributed by atoms with Gasteiger partial charge in [0.15, 0.2) is 0 Å². The van der Waals surface area contributed by atoms with Gasteiger partial charge in [-0.25, -0.2) is 4.98 Å². The monoisotopic (exact) mass is 231 g/mol. The minimum absolute atomic E-state index is 0.134. The molecule has 0 spiro atoms. The molecular weight excluding hydrogens is 210 g/mol. The molecule has 1 rings (SSSR count). The van der Waals surface area contributed by atoms with Crippen LogP contribution in [0.1, 0.15) is 39.7 Å². The predicted molar refractivity (Wildman–Crippen MR) is 71.1 cm³/mol. The maximum atomic E-state index is 8.61. The molecular formula is C14H21N3. The van der Waals surface area contributed by atoms with Gasteiger partial charge in [0, 0.05) is 19.3 Å². The third kappa shape index (κ3) is 3.74. The zero-order valence-electron chi connectivity index (χ0n) is 11.2. The van der Waals surface area contributed by atoms with Crippen molar-refractivity contribution in [3.05, 3.63) is 23.9 Å². The highest BCUT2D eigenvalue weighted by molar-refractivity contribution is 5.40. The lowest BCUT2D eigenvalue weighted by atomic mass is 9.88. The molecule has 0 amide bonds. The van der Waals surface area contributed by atoms with Crippen LogP contribution < -0.4 is 4.90 Å². The zero-order valence-corrected chi connectivity index (χ0v) is 11.2. The Bertz CT molecular complexity index is 381. The van der Waals surface area contributed by atoms with E-state index in [1.54, 1.807) is 0 Å². The molecule has 1 aromatic heterocycles. The quantitative estimate of drug-likeness (QED) is 0.799. The van der Waals surface area contributed by atoms with Gasteiger partial charge in [-0.2, -0.15) is 5.26 Å². The van der Waals surface area contributed by atoms with Gasteiger partial charge in [0.05, 0.1) is 12.5 Å². The third-order valence-corrected chi connectivity index (χ3v) is 2.81. The number of rotatable bonds is 4. The fourth-order valence-electron chi connectivity index (χ4n) is 1.64. The number of nitrogens with zero attached hydrogens (tertiary/aromatic N) is 3. The van der Waals surface area contributed by atoms with Gasteiger partial charge >= 0.3 is 0 Å². The number of pyridine rings is 1. The Balaban J connectivity index is 2.82. The topological polar surface area (TPSA) is 39.9 Å². The summed E-state index contributed by atoms with van der Waals surface area (Å²) in [6, 6.07) is 6.33. The summed E-state index contributed by atoms with van der Waals surface area (Å²) in [4.78, 5) is 6.61. The summed E-state index contributed by atoms with van der Waals surface area (Å²) in [6.07, 6.45) is 2.47. The Morgan fingerprint density at radius 3 is 2.47 bits per heavy atom. The molecule has 0 fully saturated rings. The first-order valence-electron chi connectivity index (χ1n) is 6.07. The summed E-state index contributed by atoms with van der Waals surface area (Å²) in [5.41, 5.74) is 1.37. The normalized spacial score (nSPS) is 11.0. The predicted octanol–water partition coefficient (Wildman–Crippen LogP) is 3.12. The first-order chi connectivity index (χ1) is 7.99. The fourth-order valence-corrected chi connectivity index (χ4v) is 1.64. The molecule has 1 heterocycles. The van der Waals surface area contributed by atoms with E-state index in [1.165, 1.54) is 5.56 Å². The minimum atomic E-state index is 0.134. The van der Waals surface area contributed by atoms with E-state index in [4.69, 9.17) is 5.26 Å². The van der Waals surface area contributed by atoms with E-state index in [-0.39, 0.29) is 5.41 Å². The Labute approximate surface area is 104 Å². The van der Waals surface area contributed by atoms with Crippen LogP contribution in [0.5, 0.6) is 0 Å². The Hall–Kier alpha value is -1.56. The number of aromatic nitrogens is 1. The van der Waals surface area contributed by atoms with Crippen molar-refractivity contribution >= 4 is 5.82 Å². The van der Waals surface area contributed by atoms with Gasteiger partial charge in [-0.1, -0.05) is 26.8 Å². The second-order valence-corrected chi connectivity index (χ2v) is 5.14. The summed E-state index contributed by atoms with van der Waals surface area (Å²) in [7, 11) is 0. The summed E-state index contributed by atoms with van der Waals surface area (Å²) >= 11 is 0. The van der Waals surface area contributed by atoms with Crippen LogP contribution in [0.3, 0.4) is 0 Å². The number of nitriles is 1. The average molecular weight is 231 g/mol. The second kappa shape index (κ2) is 5.67. The van der Waals surface area contributed by atoms with Gasteiger partial charge in [-0.15, -0.1) is 0 Å². The molecule has 3 heteroatoms. The van der Waals surface area contributed by atoms with Crippen molar-refractivity contribution < 1.29 is 0 Å². The molecule has 1 aromatic rings. The van der Waals surface area contributed by atoms with Crippen molar-refractivity contribution in [1.29, 1.82) is 5.26 Å². The number of anilines is 1. The highest BCUT2D eigenvalue weighted by Gasteiger charge is 2.14. The maximum absolute atomic E-state index is 8.61.